The first-order chi connectivity index (χ1) is 5.87. The van der Waals surface area contributed by atoms with Crippen molar-refractivity contribution < 1.29 is 4.52 Å². The lowest BCUT2D eigenvalue weighted by atomic mass is 10.0. The molecular weight excluding hydrogens is 279 g/mol. The van der Waals surface area contributed by atoms with Gasteiger partial charge in [0.2, 0.25) is 9.72 Å². The molecule has 13 heavy (non-hydrogen) atoms. The lowest BCUT2D eigenvalue weighted by molar-refractivity contribution is 0.362. The summed E-state index contributed by atoms with van der Waals surface area (Å²) < 4.78 is 5.89. The van der Waals surface area contributed by atoms with E-state index in [2.05, 4.69) is 60.4 Å². The van der Waals surface area contributed by atoms with Crippen LogP contribution in [0.25, 0.3) is 0 Å². The van der Waals surface area contributed by atoms with Crippen LogP contribution in [0.1, 0.15) is 39.5 Å². The lowest BCUT2D eigenvalue weighted by Gasteiger charge is -2.03. The average molecular weight is 292 g/mol. The molecular formula is C9H13IN2O. The van der Waals surface area contributed by atoms with Gasteiger partial charge in [-0.05, 0) is 10.8 Å². The van der Waals surface area contributed by atoms with Gasteiger partial charge in [-0.3, -0.25) is 0 Å². The summed E-state index contributed by atoms with van der Waals surface area (Å²) in [5.74, 6) is 1.20. The van der Waals surface area contributed by atoms with Crippen LogP contribution in [-0.4, -0.2) is 10.1 Å². The number of aromatic nitrogens is 2. The predicted octanol–water partition coefficient (Wildman–Crippen LogP) is 2.82. The van der Waals surface area contributed by atoms with Crippen molar-refractivity contribution in [3.8, 4) is 0 Å². The fourth-order valence-corrected chi connectivity index (χ4v) is 2.48. The molecule has 1 aliphatic carbocycles. The molecule has 3 nitrogen and oxygen atoms in total. The highest BCUT2D eigenvalue weighted by molar-refractivity contribution is 14.1. The quantitative estimate of drug-likeness (QED) is 0.747. The maximum Gasteiger partial charge on any atom is 0.232 e. The van der Waals surface area contributed by atoms with Crippen LogP contribution < -0.4 is 0 Å². The number of hydrogen-bond acceptors (Lipinski definition) is 3. The average Bonchev–Trinajstić information content (AvgIpc) is 2.32. The molecule has 0 bridgehead atoms. The Morgan fingerprint density at radius 3 is 2.08 bits per heavy atom. The second kappa shape index (κ2) is 2.46. The normalized spacial score (nSPS) is 24.7. The molecule has 0 N–H and O–H groups in total. The van der Waals surface area contributed by atoms with Gasteiger partial charge in [0, 0.05) is 28.5 Å². The Hall–Kier alpha value is -0.130. The van der Waals surface area contributed by atoms with Gasteiger partial charge >= 0.3 is 0 Å². The van der Waals surface area contributed by atoms with Gasteiger partial charge in [0.1, 0.15) is 0 Å². The summed E-state index contributed by atoms with van der Waals surface area (Å²) in [4.78, 5) is 4.27. The summed E-state index contributed by atoms with van der Waals surface area (Å²) in [6.45, 7) is 8.98. The molecule has 4 heteroatoms. The van der Waals surface area contributed by atoms with E-state index in [1.165, 1.54) is 0 Å². The van der Waals surface area contributed by atoms with Crippen LogP contribution in [0.15, 0.2) is 4.52 Å². The summed E-state index contributed by atoms with van der Waals surface area (Å²) >= 11 is 2.07. The minimum Gasteiger partial charge on any atom is -0.338 e. The maximum absolute atomic E-state index is 5.19. The molecule has 0 aliphatic heterocycles. The molecule has 1 aliphatic rings. The first kappa shape index (κ1) is 9.43. The number of rotatable bonds is 1. The van der Waals surface area contributed by atoms with Gasteiger partial charge in [-0.15, -0.1) is 0 Å². The minimum atomic E-state index is 0.280. The van der Waals surface area contributed by atoms with E-state index in [1.807, 2.05) is 0 Å². The van der Waals surface area contributed by atoms with E-state index in [0.717, 1.165) is 5.89 Å². The molecule has 1 aromatic rings. The summed E-state index contributed by atoms with van der Waals surface area (Å²) in [6, 6.07) is 0. The van der Waals surface area contributed by atoms with Gasteiger partial charge < -0.3 is 4.52 Å². The monoisotopic (exact) mass is 292 g/mol. The van der Waals surface area contributed by atoms with Crippen molar-refractivity contribution in [2.75, 3.05) is 0 Å². The van der Waals surface area contributed by atoms with Gasteiger partial charge in [-0.2, -0.15) is 4.98 Å². The molecule has 1 fully saturated rings. The third-order valence-electron chi connectivity index (χ3n) is 3.68. The molecule has 1 aromatic heterocycles. The molecule has 0 saturated heterocycles. The zero-order valence-electron chi connectivity index (χ0n) is 8.26. The first-order valence-corrected chi connectivity index (χ1v) is 5.44. The fraction of sp³-hybridized carbons (Fsp3) is 0.778. The number of halogens is 1. The van der Waals surface area contributed by atoms with Crippen LogP contribution in [0.5, 0.6) is 0 Å². The van der Waals surface area contributed by atoms with Crippen molar-refractivity contribution in [3.05, 3.63) is 9.72 Å². The molecule has 0 aromatic carbocycles. The number of hydrogen-bond donors (Lipinski definition) is 0. The van der Waals surface area contributed by atoms with E-state index in [-0.39, 0.29) is 10.8 Å². The summed E-state index contributed by atoms with van der Waals surface area (Å²) in [6.07, 6.45) is 0. The fourth-order valence-electron chi connectivity index (χ4n) is 2.15. The first-order valence-electron chi connectivity index (χ1n) is 4.36. The van der Waals surface area contributed by atoms with Gasteiger partial charge in [-0.25, -0.2) is 0 Å². The standard InChI is InChI=1S/C9H13IN2O/c1-8(2)5(9(8,3)4)6-11-7(10)12-13-6/h5H,1-4H3. The predicted molar refractivity (Wildman–Crippen MR) is 57.3 cm³/mol. The van der Waals surface area contributed by atoms with Crippen molar-refractivity contribution in [3.63, 3.8) is 0 Å². The zero-order valence-corrected chi connectivity index (χ0v) is 10.4. The second-order valence-electron chi connectivity index (χ2n) is 4.78. The Morgan fingerprint density at radius 1 is 1.23 bits per heavy atom. The highest BCUT2D eigenvalue weighted by Gasteiger charge is 2.67. The molecule has 2 rings (SSSR count). The Labute approximate surface area is 91.4 Å². The van der Waals surface area contributed by atoms with Crippen LogP contribution >= 0.6 is 22.6 Å². The highest BCUT2D eigenvalue weighted by atomic mass is 127. The van der Waals surface area contributed by atoms with Gasteiger partial charge in [0.05, 0.1) is 0 Å². The van der Waals surface area contributed by atoms with Gasteiger partial charge in [0.25, 0.3) is 0 Å². The van der Waals surface area contributed by atoms with Crippen molar-refractivity contribution in [1.82, 2.24) is 10.1 Å². The largest absolute Gasteiger partial charge is 0.338 e. The Balaban J connectivity index is 2.32. The SMILES string of the molecule is CC1(C)C(c2nc(I)no2)C1(C)C. The van der Waals surface area contributed by atoms with Crippen LogP contribution in [0, 0.1) is 14.7 Å². The summed E-state index contributed by atoms with van der Waals surface area (Å²) in [5, 5.41) is 3.81. The second-order valence-corrected chi connectivity index (χ2v) is 5.74. The smallest absolute Gasteiger partial charge is 0.232 e. The minimum absolute atomic E-state index is 0.280. The Morgan fingerprint density at radius 2 is 1.77 bits per heavy atom. The highest BCUT2D eigenvalue weighted by Crippen LogP contribution is 2.73. The van der Waals surface area contributed by atoms with Gasteiger partial charge in [-0.1, -0.05) is 32.9 Å². The van der Waals surface area contributed by atoms with E-state index in [4.69, 9.17) is 4.52 Å². The van der Waals surface area contributed by atoms with Crippen molar-refractivity contribution in [2.45, 2.75) is 33.6 Å². The lowest BCUT2D eigenvalue weighted by Crippen LogP contribution is -1.95. The topological polar surface area (TPSA) is 38.9 Å². The molecule has 0 atom stereocenters. The number of nitrogens with zero attached hydrogens (tertiary/aromatic N) is 2. The van der Waals surface area contributed by atoms with E-state index in [1.54, 1.807) is 0 Å². The molecule has 1 heterocycles. The van der Waals surface area contributed by atoms with Crippen molar-refractivity contribution in [1.29, 1.82) is 0 Å². The van der Waals surface area contributed by atoms with Crippen molar-refractivity contribution in [2.24, 2.45) is 10.8 Å². The van der Waals surface area contributed by atoms with Crippen LogP contribution in [0.2, 0.25) is 0 Å². The van der Waals surface area contributed by atoms with Crippen molar-refractivity contribution >= 4 is 22.6 Å². The summed E-state index contributed by atoms with van der Waals surface area (Å²) in [7, 11) is 0. The molecule has 0 radical (unpaired) electrons. The third kappa shape index (κ3) is 1.14. The van der Waals surface area contributed by atoms with Crippen LogP contribution in [-0.2, 0) is 0 Å². The van der Waals surface area contributed by atoms with E-state index in [0.29, 0.717) is 9.75 Å². The van der Waals surface area contributed by atoms with E-state index < -0.39 is 0 Å². The molecule has 0 unspecified atom stereocenters. The Bertz CT molecular complexity index is 329. The summed E-state index contributed by atoms with van der Waals surface area (Å²) in [5.41, 5.74) is 0.561. The molecule has 0 amide bonds. The van der Waals surface area contributed by atoms with Crippen LogP contribution in [0.3, 0.4) is 0 Å². The zero-order chi connectivity index (χ0) is 9.85. The van der Waals surface area contributed by atoms with Crippen LogP contribution in [0.4, 0.5) is 0 Å². The van der Waals surface area contributed by atoms with Gasteiger partial charge in [0.15, 0.2) is 0 Å². The molecule has 1 saturated carbocycles. The maximum atomic E-state index is 5.19. The van der Waals surface area contributed by atoms with E-state index in [9.17, 15) is 0 Å². The molecule has 0 spiro atoms. The molecule has 72 valence electrons. The van der Waals surface area contributed by atoms with E-state index >= 15 is 0 Å². The Kier molecular flexibility index (Phi) is 1.78. The third-order valence-corrected chi connectivity index (χ3v) is 4.12.